The molecule has 0 saturated heterocycles. The van der Waals surface area contributed by atoms with E-state index >= 15 is 0 Å². The molecule has 0 atom stereocenters. The van der Waals surface area contributed by atoms with E-state index in [9.17, 15) is 14.4 Å². The summed E-state index contributed by atoms with van der Waals surface area (Å²) in [7, 11) is 0. The van der Waals surface area contributed by atoms with Crippen molar-refractivity contribution >= 4 is 63.3 Å². The third-order valence-corrected chi connectivity index (χ3v) is 5.44. The number of rotatable bonds is 5. The molecular weight excluding hydrogens is 463 g/mol. The first-order chi connectivity index (χ1) is 14.8. The maximum Gasteiger partial charge on any atom is 0.420 e. The third kappa shape index (κ3) is 4.37. The minimum Gasteiger partial charge on any atom is -0.408 e. The summed E-state index contributed by atoms with van der Waals surface area (Å²) in [5.41, 5.74) is 1.35. The Bertz CT molecular complexity index is 1370. The van der Waals surface area contributed by atoms with E-state index < -0.39 is 17.4 Å². The van der Waals surface area contributed by atoms with E-state index in [1.54, 1.807) is 48.5 Å². The highest BCUT2D eigenvalue weighted by Gasteiger charge is 2.20. The summed E-state index contributed by atoms with van der Waals surface area (Å²) in [5.74, 6) is -1.60. The SMILES string of the molecule is O=C(Cn1c(=O)oc2cc(C(=O)c3ccccc3Cl)c(Cl)cc21)Nc1ccc(Cl)cc1. The molecule has 0 saturated carbocycles. The Hall–Kier alpha value is -3.06. The van der Waals surface area contributed by atoms with E-state index in [0.717, 1.165) is 4.57 Å². The summed E-state index contributed by atoms with van der Waals surface area (Å²) < 4.78 is 6.38. The van der Waals surface area contributed by atoms with Crippen LogP contribution >= 0.6 is 34.8 Å². The molecule has 1 N–H and O–H groups in total. The Balaban J connectivity index is 1.65. The Kier molecular flexibility index (Phi) is 5.87. The van der Waals surface area contributed by atoms with Gasteiger partial charge in [0.2, 0.25) is 5.91 Å². The van der Waals surface area contributed by atoms with Gasteiger partial charge >= 0.3 is 5.76 Å². The summed E-state index contributed by atoms with van der Waals surface area (Å²) in [4.78, 5) is 37.6. The van der Waals surface area contributed by atoms with E-state index in [1.807, 2.05) is 0 Å². The lowest BCUT2D eigenvalue weighted by molar-refractivity contribution is -0.116. The lowest BCUT2D eigenvalue weighted by atomic mass is 10.0. The lowest BCUT2D eigenvalue weighted by Gasteiger charge is -2.08. The van der Waals surface area contributed by atoms with E-state index in [0.29, 0.717) is 10.7 Å². The Labute approximate surface area is 190 Å². The quantitative estimate of drug-likeness (QED) is 0.391. The number of hydrogen-bond donors (Lipinski definition) is 1. The van der Waals surface area contributed by atoms with Crippen molar-refractivity contribution in [1.82, 2.24) is 4.57 Å². The number of anilines is 1. The molecule has 0 fully saturated rings. The maximum atomic E-state index is 12.9. The average molecular weight is 476 g/mol. The zero-order valence-corrected chi connectivity index (χ0v) is 18.0. The minimum atomic E-state index is -0.750. The van der Waals surface area contributed by atoms with Gasteiger partial charge in [0.25, 0.3) is 0 Å². The lowest BCUT2D eigenvalue weighted by Crippen LogP contribution is -2.24. The minimum absolute atomic E-state index is 0.102. The molecule has 6 nitrogen and oxygen atoms in total. The van der Waals surface area contributed by atoms with Gasteiger partial charge in [-0.3, -0.25) is 14.2 Å². The van der Waals surface area contributed by atoms with Crippen molar-refractivity contribution in [3.63, 3.8) is 0 Å². The van der Waals surface area contributed by atoms with E-state index in [1.165, 1.54) is 12.1 Å². The molecule has 0 spiro atoms. The fourth-order valence-electron chi connectivity index (χ4n) is 3.07. The number of carbonyl (C=O) groups excluding carboxylic acids is 2. The molecule has 0 radical (unpaired) electrons. The summed E-state index contributed by atoms with van der Waals surface area (Å²) >= 11 is 18.3. The van der Waals surface area contributed by atoms with Crippen LogP contribution in [0.15, 0.2) is 69.9 Å². The normalized spacial score (nSPS) is 10.9. The Morgan fingerprint density at radius 1 is 0.903 bits per heavy atom. The van der Waals surface area contributed by atoms with Gasteiger partial charge in [0.1, 0.15) is 6.54 Å². The van der Waals surface area contributed by atoms with Crippen LogP contribution in [-0.4, -0.2) is 16.3 Å². The van der Waals surface area contributed by atoms with Crippen LogP contribution in [0.1, 0.15) is 15.9 Å². The number of amides is 1. The molecule has 1 aromatic heterocycles. The molecule has 0 aliphatic heterocycles. The van der Waals surface area contributed by atoms with Crippen molar-refractivity contribution in [2.24, 2.45) is 0 Å². The molecule has 156 valence electrons. The molecule has 31 heavy (non-hydrogen) atoms. The molecular formula is C22H13Cl3N2O4. The molecule has 9 heteroatoms. The highest BCUT2D eigenvalue weighted by Crippen LogP contribution is 2.28. The van der Waals surface area contributed by atoms with Crippen LogP contribution in [0.3, 0.4) is 0 Å². The zero-order valence-electron chi connectivity index (χ0n) is 15.7. The highest BCUT2D eigenvalue weighted by molar-refractivity contribution is 6.38. The van der Waals surface area contributed by atoms with Crippen molar-refractivity contribution in [2.45, 2.75) is 6.54 Å². The van der Waals surface area contributed by atoms with Gasteiger partial charge in [-0.25, -0.2) is 4.79 Å². The fourth-order valence-corrected chi connectivity index (χ4v) is 3.67. The summed E-state index contributed by atoms with van der Waals surface area (Å²) in [6.45, 7) is -0.303. The second-order valence-electron chi connectivity index (χ2n) is 6.62. The average Bonchev–Trinajstić information content (AvgIpc) is 3.03. The van der Waals surface area contributed by atoms with Gasteiger partial charge in [0.15, 0.2) is 11.4 Å². The van der Waals surface area contributed by atoms with E-state index in [-0.39, 0.29) is 38.8 Å². The standard InChI is InChI=1S/C22H13Cl3N2O4/c23-12-5-7-13(8-6-12)26-20(28)11-27-18-10-17(25)15(9-19(18)31-22(27)30)21(29)14-3-1-2-4-16(14)24/h1-10H,11H2,(H,26,28). The van der Waals surface area contributed by atoms with Gasteiger partial charge in [-0.05, 0) is 48.5 Å². The molecule has 1 heterocycles. The van der Waals surface area contributed by atoms with Gasteiger partial charge in [0, 0.05) is 21.8 Å². The second-order valence-corrected chi connectivity index (χ2v) is 7.87. The van der Waals surface area contributed by atoms with Gasteiger partial charge < -0.3 is 9.73 Å². The first-order valence-electron chi connectivity index (χ1n) is 9.01. The topological polar surface area (TPSA) is 81.3 Å². The summed E-state index contributed by atoms with van der Waals surface area (Å²) in [6, 6.07) is 15.9. The number of nitrogens with one attached hydrogen (secondary N) is 1. The second kappa shape index (κ2) is 8.59. The van der Waals surface area contributed by atoms with E-state index in [2.05, 4.69) is 5.32 Å². The van der Waals surface area contributed by atoms with Crippen LogP contribution < -0.4 is 11.1 Å². The number of hydrogen-bond acceptors (Lipinski definition) is 4. The van der Waals surface area contributed by atoms with Crippen molar-refractivity contribution in [1.29, 1.82) is 0 Å². The molecule has 0 aliphatic carbocycles. The first-order valence-corrected chi connectivity index (χ1v) is 10.1. The van der Waals surface area contributed by atoms with Crippen LogP contribution in [0.4, 0.5) is 5.69 Å². The number of nitrogens with zero attached hydrogens (tertiary/aromatic N) is 1. The van der Waals surface area contributed by atoms with Crippen molar-refractivity contribution in [2.75, 3.05) is 5.32 Å². The molecule has 4 rings (SSSR count). The zero-order chi connectivity index (χ0) is 22.1. The largest absolute Gasteiger partial charge is 0.420 e. The van der Waals surface area contributed by atoms with Crippen LogP contribution in [0.25, 0.3) is 11.1 Å². The van der Waals surface area contributed by atoms with Crippen LogP contribution in [0, 0.1) is 0 Å². The summed E-state index contributed by atoms with van der Waals surface area (Å²) in [5, 5.41) is 3.59. The van der Waals surface area contributed by atoms with E-state index in [4.69, 9.17) is 39.2 Å². The van der Waals surface area contributed by atoms with Crippen molar-refractivity contribution < 1.29 is 14.0 Å². The number of benzene rings is 3. The van der Waals surface area contributed by atoms with Gasteiger partial charge in [-0.15, -0.1) is 0 Å². The number of halogens is 3. The van der Waals surface area contributed by atoms with Gasteiger partial charge in [-0.1, -0.05) is 46.9 Å². The summed E-state index contributed by atoms with van der Waals surface area (Å²) in [6.07, 6.45) is 0. The van der Waals surface area contributed by atoms with Crippen LogP contribution in [0.5, 0.6) is 0 Å². The molecule has 1 amide bonds. The molecule has 0 aliphatic rings. The van der Waals surface area contributed by atoms with Gasteiger partial charge in [-0.2, -0.15) is 0 Å². The number of aromatic nitrogens is 1. The molecule has 0 unspecified atom stereocenters. The Morgan fingerprint density at radius 2 is 1.61 bits per heavy atom. The Morgan fingerprint density at radius 3 is 2.32 bits per heavy atom. The van der Waals surface area contributed by atoms with Crippen LogP contribution in [-0.2, 0) is 11.3 Å². The fraction of sp³-hybridized carbons (Fsp3) is 0.0455. The number of carbonyl (C=O) groups is 2. The van der Waals surface area contributed by atoms with Crippen molar-refractivity contribution in [3.8, 4) is 0 Å². The monoisotopic (exact) mass is 474 g/mol. The third-order valence-electron chi connectivity index (χ3n) is 4.55. The molecule has 0 bridgehead atoms. The first kappa shape index (κ1) is 21.2. The number of fused-ring (bicyclic) bond motifs is 1. The predicted octanol–water partition coefficient (Wildman–Crippen LogP) is 5.42. The maximum absolute atomic E-state index is 12.9. The molecule has 3 aromatic carbocycles. The molecule has 4 aromatic rings. The smallest absolute Gasteiger partial charge is 0.408 e. The van der Waals surface area contributed by atoms with Crippen molar-refractivity contribution in [3.05, 3.63) is 97.4 Å². The van der Waals surface area contributed by atoms with Crippen LogP contribution in [0.2, 0.25) is 15.1 Å². The van der Waals surface area contributed by atoms with Gasteiger partial charge in [0.05, 0.1) is 15.6 Å². The highest BCUT2D eigenvalue weighted by atomic mass is 35.5. The number of oxazole rings is 1. The number of ketones is 1. The predicted molar refractivity (Wildman–Crippen MR) is 120 cm³/mol.